The van der Waals surface area contributed by atoms with Crippen molar-refractivity contribution in [1.82, 2.24) is 15.6 Å². The Bertz CT molecular complexity index is 656. The molecule has 1 aromatic heterocycles. The molecule has 5 nitrogen and oxygen atoms in total. The zero-order valence-electron chi connectivity index (χ0n) is 16.6. The van der Waals surface area contributed by atoms with Gasteiger partial charge in [-0.15, -0.1) is 0 Å². The summed E-state index contributed by atoms with van der Waals surface area (Å²) in [6.45, 7) is 5.71. The monoisotopic (exact) mass is 401 g/mol. The molecule has 0 saturated heterocycles. The molecule has 0 aromatic carbocycles. The van der Waals surface area contributed by atoms with Crippen molar-refractivity contribution >= 4 is 5.91 Å². The number of β-amino-alcohol motifs (C(OH)–C–C–N with tert-alkyl or cyclic N) is 1. The van der Waals surface area contributed by atoms with Crippen molar-refractivity contribution in [3.05, 3.63) is 29.6 Å². The van der Waals surface area contributed by atoms with E-state index in [1.165, 1.54) is 19.1 Å². The summed E-state index contributed by atoms with van der Waals surface area (Å²) in [5, 5.41) is 16.5. The Morgan fingerprint density at radius 3 is 2.46 bits per heavy atom. The van der Waals surface area contributed by atoms with E-state index in [0.717, 1.165) is 38.2 Å². The number of hydrogen-bond acceptors (Lipinski definition) is 4. The van der Waals surface area contributed by atoms with E-state index in [4.69, 9.17) is 0 Å². The maximum absolute atomic E-state index is 12.8. The van der Waals surface area contributed by atoms with Gasteiger partial charge in [-0.2, -0.15) is 13.2 Å². The van der Waals surface area contributed by atoms with Gasteiger partial charge in [-0.1, -0.05) is 6.07 Å². The molecule has 1 fully saturated rings. The lowest BCUT2D eigenvalue weighted by Crippen LogP contribution is -2.44. The first kappa shape index (κ1) is 22.6. The van der Waals surface area contributed by atoms with Crippen LogP contribution < -0.4 is 10.6 Å². The average molecular weight is 401 g/mol. The van der Waals surface area contributed by atoms with Crippen LogP contribution in [0.25, 0.3) is 0 Å². The Morgan fingerprint density at radius 1 is 1.25 bits per heavy atom. The molecule has 2 rings (SSSR count). The number of aromatic nitrogens is 1. The first-order valence-corrected chi connectivity index (χ1v) is 9.70. The van der Waals surface area contributed by atoms with Gasteiger partial charge in [-0.05, 0) is 64.0 Å². The Balaban J connectivity index is 1.83. The maximum Gasteiger partial charge on any atom is 0.433 e. The SMILES string of the molecule is CC(=O)NC1CCC(CC(C)(C)NC[C@H](O)c2cccc(C(F)(F)F)n2)CC1. The van der Waals surface area contributed by atoms with Gasteiger partial charge in [0, 0.05) is 25.0 Å². The topological polar surface area (TPSA) is 74.2 Å². The van der Waals surface area contributed by atoms with Gasteiger partial charge < -0.3 is 15.7 Å². The molecule has 1 aliphatic rings. The van der Waals surface area contributed by atoms with Gasteiger partial charge in [0.2, 0.25) is 5.91 Å². The molecule has 1 aromatic rings. The minimum absolute atomic E-state index is 0.00244. The molecule has 158 valence electrons. The van der Waals surface area contributed by atoms with Crippen LogP contribution in [0.1, 0.15) is 70.4 Å². The summed E-state index contributed by atoms with van der Waals surface area (Å²) < 4.78 is 38.3. The Labute approximate surface area is 164 Å². The molecule has 0 bridgehead atoms. The molecule has 1 saturated carbocycles. The predicted molar refractivity (Wildman–Crippen MR) is 100 cm³/mol. The highest BCUT2D eigenvalue weighted by Gasteiger charge is 2.33. The Morgan fingerprint density at radius 2 is 1.89 bits per heavy atom. The molecule has 1 atom stereocenters. The standard InChI is InChI=1S/C20H30F3N3O2/c1-13(27)25-15-9-7-14(8-10-15)11-19(2,3)24-12-17(28)16-5-4-6-18(26-16)20(21,22)23/h4-6,14-15,17,24,28H,7-12H2,1-3H3,(H,25,27)/t14?,15?,17-/m0/s1. The smallest absolute Gasteiger partial charge is 0.385 e. The first-order chi connectivity index (χ1) is 13.0. The highest BCUT2D eigenvalue weighted by Crippen LogP contribution is 2.31. The maximum atomic E-state index is 12.8. The molecule has 0 radical (unpaired) electrons. The lowest BCUT2D eigenvalue weighted by Gasteiger charge is -2.35. The molecule has 0 spiro atoms. The van der Waals surface area contributed by atoms with E-state index in [9.17, 15) is 23.1 Å². The van der Waals surface area contributed by atoms with Crippen LogP contribution in [0.5, 0.6) is 0 Å². The summed E-state index contributed by atoms with van der Waals surface area (Å²) in [6.07, 6.45) is -0.798. The zero-order chi connectivity index (χ0) is 20.9. The largest absolute Gasteiger partial charge is 0.433 e. The summed E-state index contributed by atoms with van der Waals surface area (Å²) in [6, 6.07) is 3.80. The molecule has 0 aliphatic heterocycles. The van der Waals surface area contributed by atoms with Gasteiger partial charge in [-0.3, -0.25) is 4.79 Å². The number of nitrogens with one attached hydrogen (secondary N) is 2. The van der Waals surface area contributed by atoms with Crippen LogP contribution in [0, 0.1) is 5.92 Å². The summed E-state index contributed by atoms with van der Waals surface area (Å²) >= 11 is 0. The quantitative estimate of drug-likeness (QED) is 0.653. The minimum Gasteiger partial charge on any atom is -0.385 e. The van der Waals surface area contributed by atoms with Crippen LogP contribution in [0.3, 0.4) is 0 Å². The van der Waals surface area contributed by atoms with Gasteiger partial charge >= 0.3 is 6.18 Å². The highest BCUT2D eigenvalue weighted by molar-refractivity contribution is 5.73. The van der Waals surface area contributed by atoms with Gasteiger partial charge in [0.05, 0.1) is 5.69 Å². The number of carbonyl (C=O) groups is 1. The number of aliphatic hydroxyl groups is 1. The lowest BCUT2D eigenvalue weighted by atomic mass is 9.79. The number of hydrogen-bond donors (Lipinski definition) is 3. The molecule has 8 heteroatoms. The molecule has 1 aliphatic carbocycles. The van der Waals surface area contributed by atoms with E-state index in [1.807, 2.05) is 13.8 Å². The number of carbonyl (C=O) groups excluding carboxylic acids is 1. The van der Waals surface area contributed by atoms with Crippen LogP contribution in [-0.4, -0.2) is 34.1 Å². The van der Waals surface area contributed by atoms with Crippen molar-refractivity contribution < 1.29 is 23.1 Å². The minimum atomic E-state index is -4.53. The highest BCUT2D eigenvalue weighted by atomic mass is 19.4. The average Bonchev–Trinajstić information content (AvgIpc) is 2.60. The number of rotatable bonds is 7. The lowest BCUT2D eigenvalue weighted by molar-refractivity contribution is -0.141. The molecule has 1 heterocycles. The van der Waals surface area contributed by atoms with Gasteiger partial charge in [-0.25, -0.2) is 4.98 Å². The van der Waals surface area contributed by atoms with Crippen molar-refractivity contribution in [3.8, 4) is 0 Å². The normalized spacial score (nSPS) is 22.0. The molecular formula is C20H30F3N3O2. The number of halogens is 3. The summed E-state index contributed by atoms with van der Waals surface area (Å²) in [5.74, 6) is 0.513. The molecule has 28 heavy (non-hydrogen) atoms. The molecule has 1 amide bonds. The van der Waals surface area contributed by atoms with Crippen LogP contribution in [0.4, 0.5) is 13.2 Å². The molecule has 3 N–H and O–H groups in total. The predicted octanol–water partition coefficient (Wildman–Crippen LogP) is 3.59. The summed E-state index contributed by atoms with van der Waals surface area (Å²) in [7, 11) is 0. The van der Waals surface area contributed by atoms with Crippen LogP contribution in [0.15, 0.2) is 18.2 Å². The van der Waals surface area contributed by atoms with E-state index in [2.05, 4.69) is 15.6 Å². The second kappa shape index (κ2) is 9.22. The second-order valence-corrected chi connectivity index (χ2v) is 8.35. The third-order valence-corrected chi connectivity index (χ3v) is 5.23. The molecule has 0 unspecified atom stereocenters. The Kier molecular flexibility index (Phi) is 7.45. The number of aliphatic hydroxyl groups excluding tert-OH is 1. The first-order valence-electron chi connectivity index (χ1n) is 9.70. The number of pyridine rings is 1. The number of amides is 1. The van der Waals surface area contributed by atoms with Crippen molar-refractivity contribution in [3.63, 3.8) is 0 Å². The summed E-state index contributed by atoms with van der Waals surface area (Å²) in [4.78, 5) is 14.7. The zero-order valence-corrected chi connectivity index (χ0v) is 16.6. The van der Waals surface area contributed by atoms with Crippen molar-refractivity contribution in [2.75, 3.05) is 6.54 Å². The van der Waals surface area contributed by atoms with E-state index < -0.39 is 18.0 Å². The van der Waals surface area contributed by atoms with E-state index in [-0.39, 0.29) is 29.7 Å². The van der Waals surface area contributed by atoms with Gasteiger partial charge in [0.1, 0.15) is 11.8 Å². The van der Waals surface area contributed by atoms with Crippen LogP contribution in [0.2, 0.25) is 0 Å². The van der Waals surface area contributed by atoms with Crippen LogP contribution >= 0.6 is 0 Å². The van der Waals surface area contributed by atoms with Crippen molar-refractivity contribution in [2.24, 2.45) is 5.92 Å². The molecular weight excluding hydrogens is 371 g/mol. The third-order valence-electron chi connectivity index (χ3n) is 5.23. The van der Waals surface area contributed by atoms with E-state index in [0.29, 0.717) is 5.92 Å². The fourth-order valence-corrected chi connectivity index (χ4v) is 3.86. The number of alkyl halides is 3. The summed E-state index contributed by atoms with van der Waals surface area (Å²) in [5.41, 5.74) is -1.26. The van der Waals surface area contributed by atoms with E-state index >= 15 is 0 Å². The second-order valence-electron chi connectivity index (χ2n) is 8.35. The third kappa shape index (κ3) is 7.05. The van der Waals surface area contributed by atoms with E-state index in [1.54, 1.807) is 0 Å². The number of nitrogens with zero attached hydrogens (tertiary/aromatic N) is 1. The van der Waals surface area contributed by atoms with Crippen molar-refractivity contribution in [1.29, 1.82) is 0 Å². The van der Waals surface area contributed by atoms with Gasteiger partial charge in [0.15, 0.2) is 0 Å². The fraction of sp³-hybridized carbons (Fsp3) is 0.700. The van der Waals surface area contributed by atoms with Crippen LogP contribution in [-0.2, 0) is 11.0 Å². The Hall–Kier alpha value is -1.67. The van der Waals surface area contributed by atoms with Gasteiger partial charge in [0.25, 0.3) is 0 Å². The van der Waals surface area contributed by atoms with Crippen molar-refractivity contribution in [2.45, 2.75) is 76.7 Å². The fourth-order valence-electron chi connectivity index (χ4n) is 3.86.